The van der Waals surface area contributed by atoms with Gasteiger partial charge in [0, 0.05) is 13.5 Å². The van der Waals surface area contributed by atoms with E-state index in [0.29, 0.717) is 23.3 Å². The van der Waals surface area contributed by atoms with Gasteiger partial charge in [0.1, 0.15) is 22.7 Å². The number of aromatic amines is 1. The average molecular weight is 318 g/mol. The van der Waals surface area contributed by atoms with Crippen molar-refractivity contribution in [1.29, 1.82) is 0 Å². The first kappa shape index (κ1) is 14.5. The molecule has 0 aliphatic rings. The van der Waals surface area contributed by atoms with Crippen LogP contribution in [-0.4, -0.2) is 22.9 Å². The zero-order chi connectivity index (χ0) is 15.7. The lowest BCUT2D eigenvalue weighted by Gasteiger charge is -2.04. The van der Waals surface area contributed by atoms with E-state index in [4.69, 9.17) is 11.6 Å². The Morgan fingerprint density at radius 2 is 2.09 bits per heavy atom. The minimum atomic E-state index is -0.674. The number of hydrogen-bond donors (Lipinski definition) is 2. The van der Waals surface area contributed by atoms with Gasteiger partial charge in [-0.1, -0.05) is 41.9 Å². The second-order valence-corrected chi connectivity index (χ2v) is 5.27. The van der Waals surface area contributed by atoms with Crippen molar-refractivity contribution in [2.45, 2.75) is 6.42 Å². The molecule has 112 valence electrons. The van der Waals surface area contributed by atoms with E-state index in [0.717, 1.165) is 11.6 Å². The van der Waals surface area contributed by atoms with Crippen LogP contribution in [0.3, 0.4) is 0 Å². The van der Waals surface area contributed by atoms with Crippen LogP contribution in [0.5, 0.6) is 0 Å². The molecule has 22 heavy (non-hydrogen) atoms. The molecule has 1 aromatic heterocycles. The van der Waals surface area contributed by atoms with E-state index in [2.05, 4.69) is 15.3 Å². The zero-order valence-electron chi connectivity index (χ0n) is 11.8. The fraction of sp³-hybridized carbons (Fsp3) is 0.125. The number of carbonyl (C=O) groups excluding carboxylic acids is 1. The third-order valence-corrected chi connectivity index (χ3v) is 3.68. The van der Waals surface area contributed by atoms with Crippen LogP contribution in [0.2, 0.25) is 5.02 Å². The molecule has 3 rings (SSSR count). The van der Waals surface area contributed by atoms with Gasteiger partial charge in [-0.25, -0.2) is 9.37 Å². The highest BCUT2D eigenvalue weighted by Gasteiger charge is 2.20. The molecule has 0 saturated heterocycles. The highest BCUT2D eigenvalue weighted by molar-refractivity contribution is 6.35. The number of carbonyl (C=O) groups is 1. The van der Waals surface area contributed by atoms with Gasteiger partial charge in [-0.3, -0.25) is 4.79 Å². The standard InChI is InChI=1S/C16H13ClFN3O/c1-19-16(22)13-11(18)8-10(17)14-15(13)21-12(20-14)7-9-5-3-2-4-6-9/h2-6,8H,7H2,1H3,(H,19,22)(H,20,21). The summed E-state index contributed by atoms with van der Waals surface area (Å²) < 4.78 is 14.1. The van der Waals surface area contributed by atoms with Crippen molar-refractivity contribution >= 4 is 28.5 Å². The molecule has 0 unspecified atom stereocenters. The molecule has 1 heterocycles. The van der Waals surface area contributed by atoms with Crippen LogP contribution >= 0.6 is 11.6 Å². The Bertz CT molecular complexity index is 845. The molecule has 2 N–H and O–H groups in total. The van der Waals surface area contributed by atoms with Crippen LogP contribution < -0.4 is 5.32 Å². The first-order valence-corrected chi connectivity index (χ1v) is 7.10. The summed E-state index contributed by atoms with van der Waals surface area (Å²) in [5.74, 6) is -0.570. The van der Waals surface area contributed by atoms with Crippen LogP contribution in [0.4, 0.5) is 4.39 Å². The molecule has 0 aliphatic heterocycles. The first-order chi connectivity index (χ1) is 10.6. The monoisotopic (exact) mass is 317 g/mol. The van der Waals surface area contributed by atoms with Crippen molar-refractivity contribution in [3.05, 3.63) is 64.2 Å². The quantitative estimate of drug-likeness (QED) is 0.778. The molecule has 1 amide bonds. The molecule has 4 nitrogen and oxygen atoms in total. The van der Waals surface area contributed by atoms with Gasteiger partial charge in [0.05, 0.1) is 10.5 Å². The van der Waals surface area contributed by atoms with Gasteiger partial charge in [0.2, 0.25) is 0 Å². The van der Waals surface area contributed by atoms with E-state index in [1.54, 1.807) is 0 Å². The maximum Gasteiger partial charge on any atom is 0.256 e. The maximum absolute atomic E-state index is 14.1. The number of H-pyrrole nitrogens is 1. The van der Waals surface area contributed by atoms with E-state index in [1.807, 2.05) is 30.3 Å². The summed E-state index contributed by atoms with van der Waals surface area (Å²) in [4.78, 5) is 19.3. The minimum Gasteiger partial charge on any atom is -0.355 e. The highest BCUT2D eigenvalue weighted by Crippen LogP contribution is 2.28. The fourth-order valence-electron chi connectivity index (χ4n) is 2.37. The average Bonchev–Trinajstić information content (AvgIpc) is 2.91. The number of hydrogen-bond acceptors (Lipinski definition) is 2. The van der Waals surface area contributed by atoms with E-state index in [1.165, 1.54) is 7.05 Å². The molecule has 2 aromatic carbocycles. The minimum absolute atomic E-state index is 0.0753. The number of aromatic nitrogens is 2. The summed E-state index contributed by atoms with van der Waals surface area (Å²) in [6.45, 7) is 0. The topological polar surface area (TPSA) is 57.8 Å². The number of halogens is 2. The van der Waals surface area contributed by atoms with Crippen LogP contribution in [0.15, 0.2) is 36.4 Å². The molecule has 0 fully saturated rings. The number of rotatable bonds is 3. The Morgan fingerprint density at radius 1 is 1.36 bits per heavy atom. The van der Waals surface area contributed by atoms with Gasteiger partial charge >= 0.3 is 0 Å². The van der Waals surface area contributed by atoms with Crippen molar-refractivity contribution < 1.29 is 9.18 Å². The lowest BCUT2D eigenvalue weighted by Crippen LogP contribution is -2.19. The molecule has 3 aromatic rings. The lowest BCUT2D eigenvalue weighted by atomic mass is 10.1. The molecular formula is C16H13ClFN3O. The van der Waals surface area contributed by atoms with E-state index in [-0.39, 0.29) is 10.6 Å². The maximum atomic E-state index is 14.1. The normalized spacial score (nSPS) is 10.9. The summed E-state index contributed by atoms with van der Waals surface area (Å²) in [5, 5.41) is 2.60. The van der Waals surface area contributed by atoms with E-state index >= 15 is 0 Å². The van der Waals surface area contributed by atoms with Gasteiger partial charge in [-0.15, -0.1) is 0 Å². The first-order valence-electron chi connectivity index (χ1n) is 6.72. The third kappa shape index (κ3) is 2.55. The highest BCUT2D eigenvalue weighted by atomic mass is 35.5. The molecule has 0 atom stereocenters. The Hall–Kier alpha value is -2.40. The number of imidazole rings is 1. The van der Waals surface area contributed by atoms with Gasteiger partial charge in [-0.2, -0.15) is 0 Å². The smallest absolute Gasteiger partial charge is 0.256 e. The number of nitrogens with one attached hydrogen (secondary N) is 2. The molecular weight excluding hydrogens is 305 g/mol. The molecule has 0 saturated carbocycles. The van der Waals surface area contributed by atoms with Gasteiger partial charge in [-0.05, 0) is 11.6 Å². The molecule has 0 bridgehead atoms. The summed E-state index contributed by atoms with van der Waals surface area (Å²) in [5.41, 5.74) is 1.69. The Morgan fingerprint density at radius 3 is 2.77 bits per heavy atom. The Labute approximate surface area is 131 Å². The number of nitrogens with zero attached hydrogens (tertiary/aromatic N) is 1. The number of fused-ring (bicyclic) bond motifs is 1. The Balaban J connectivity index is 2.12. The van der Waals surface area contributed by atoms with Crippen molar-refractivity contribution in [3.8, 4) is 0 Å². The van der Waals surface area contributed by atoms with Gasteiger partial charge in [0.15, 0.2) is 0 Å². The SMILES string of the molecule is CNC(=O)c1c(F)cc(Cl)c2nc(Cc3ccccc3)[nH]c12. The van der Waals surface area contributed by atoms with Crippen LogP contribution in [-0.2, 0) is 6.42 Å². The predicted molar refractivity (Wildman–Crippen MR) is 83.7 cm³/mol. The number of amides is 1. The lowest BCUT2D eigenvalue weighted by molar-refractivity contribution is 0.0960. The molecule has 0 radical (unpaired) electrons. The summed E-state index contributed by atoms with van der Waals surface area (Å²) >= 11 is 6.04. The summed E-state index contributed by atoms with van der Waals surface area (Å²) in [7, 11) is 1.45. The fourth-order valence-corrected chi connectivity index (χ4v) is 2.60. The van der Waals surface area contributed by atoms with E-state index < -0.39 is 11.7 Å². The second kappa shape index (κ2) is 5.77. The Kier molecular flexibility index (Phi) is 3.81. The van der Waals surface area contributed by atoms with E-state index in [9.17, 15) is 9.18 Å². The third-order valence-electron chi connectivity index (χ3n) is 3.39. The predicted octanol–water partition coefficient (Wildman–Crippen LogP) is 3.31. The summed E-state index contributed by atoms with van der Waals surface area (Å²) in [6.07, 6.45) is 0.542. The molecule has 6 heteroatoms. The largest absolute Gasteiger partial charge is 0.355 e. The van der Waals surface area contributed by atoms with Crippen molar-refractivity contribution in [1.82, 2.24) is 15.3 Å². The van der Waals surface area contributed by atoms with Gasteiger partial charge in [0.25, 0.3) is 5.91 Å². The van der Waals surface area contributed by atoms with Crippen molar-refractivity contribution in [2.24, 2.45) is 0 Å². The zero-order valence-corrected chi connectivity index (χ0v) is 12.5. The summed E-state index contributed by atoms with van der Waals surface area (Å²) in [6, 6.07) is 10.8. The van der Waals surface area contributed by atoms with Crippen LogP contribution in [0.25, 0.3) is 11.0 Å². The van der Waals surface area contributed by atoms with Crippen molar-refractivity contribution in [3.63, 3.8) is 0 Å². The van der Waals surface area contributed by atoms with Crippen molar-refractivity contribution in [2.75, 3.05) is 7.05 Å². The molecule has 0 spiro atoms. The second-order valence-electron chi connectivity index (χ2n) is 4.86. The van der Waals surface area contributed by atoms with Crippen LogP contribution in [0, 0.1) is 5.82 Å². The van der Waals surface area contributed by atoms with Gasteiger partial charge < -0.3 is 10.3 Å². The molecule has 0 aliphatic carbocycles. The van der Waals surface area contributed by atoms with Crippen LogP contribution in [0.1, 0.15) is 21.7 Å². The number of benzene rings is 2.